The summed E-state index contributed by atoms with van der Waals surface area (Å²) < 4.78 is 0. The number of anilines is 2. The first-order valence-corrected chi connectivity index (χ1v) is 10.0. The molecule has 0 fully saturated rings. The van der Waals surface area contributed by atoms with Gasteiger partial charge in [-0.3, -0.25) is 9.59 Å². The van der Waals surface area contributed by atoms with Gasteiger partial charge in [0.1, 0.15) is 5.70 Å². The van der Waals surface area contributed by atoms with Gasteiger partial charge in [0.15, 0.2) is 0 Å². The van der Waals surface area contributed by atoms with E-state index in [0.29, 0.717) is 21.8 Å². The lowest BCUT2D eigenvalue weighted by Gasteiger charge is -2.18. The zero-order valence-corrected chi connectivity index (χ0v) is 17.7. The van der Waals surface area contributed by atoms with E-state index >= 15 is 0 Å². The summed E-state index contributed by atoms with van der Waals surface area (Å²) in [5, 5.41) is 3.64. The summed E-state index contributed by atoms with van der Waals surface area (Å²) >= 11 is 6.17. The summed E-state index contributed by atoms with van der Waals surface area (Å²) in [6.07, 6.45) is 0. The Morgan fingerprint density at radius 3 is 2.17 bits per heavy atom. The van der Waals surface area contributed by atoms with Crippen LogP contribution < -0.4 is 10.2 Å². The number of nitrogens with one attached hydrogen (secondary N) is 1. The number of nitrogens with zero attached hydrogens (tertiary/aromatic N) is 1. The Kier molecular flexibility index (Phi) is 5.18. The van der Waals surface area contributed by atoms with Crippen LogP contribution in [-0.4, -0.2) is 11.8 Å². The fourth-order valence-corrected chi connectivity index (χ4v) is 3.68. The van der Waals surface area contributed by atoms with Crippen molar-refractivity contribution in [1.29, 1.82) is 0 Å². The number of benzene rings is 3. The summed E-state index contributed by atoms with van der Waals surface area (Å²) in [6.45, 7) is 5.86. The van der Waals surface area contributed by atoms with Gasteiger partial charge in [0.2, 0.25) is 0 Å². The lowest BCUT2D eigenvalue weighted by atomic mass is 9.99. The van der Waals surface area contributed by atoms with Crippen LogP contribution in [0.3, 0.4) is 0 Å². The van der Waals surface area contributed by atoms with Crippen molar-refractivity contribution in [2.24, 2.45) is 0 Å². The maximum Gasteiger partial charge on any atom is 0.282 e. The third-order valence-electron chi connectivity index (χ3n) is 5.33. The molecule has 3 aromatic carbocycles. The van der Waals surface area contributed by atoms with Crippen molar-refractivity contribution in [2.45, 2.75) is 20.8 Å². The molecule has 0 spiro atoms. The van der Waals surface area contributed by atoms with Gasteiger partial charge in [-0.15, -0.1) is 0 Å². The first kappa shape index (κ1) is 19.9. The molecule has 0 unspecified atom stereocenters. The van der Waals surface area contributed by atoms with Gasteiger partial charge in [0.25, 0.3) is 11.8 Å². The Labute approximate surface area is 180 Å². The van der Waals surface area contributed by atoms with E-state index in [0.717, 1.165) is 22.4 Å². The maximum absolute atomic E-state index is 13.5. The smallest absolute Gasteiger partial charge is 0.282 e. The second-order valence-corrected chi connectivity index (χ2v) is 7.85. The van der Waals surface area contributed by atoms with Gasteiger partial charge < -0.3 is 5.32 Å². The molecule has 30 heavy (non-hydrogen) atoms. The van der Waals surface area contributed by atoms with E-state index < -0.39 is 5.91 Å². The zero-order chi connectivity index (χ0) is 21.4. The fourth-order valence-electron chi connectivity index (χ4n) is 3.52. The molecule has 0 bridgehead atoms. The molecule has 150 valence electrons. The van der Waals surface area contributed by atoms with Crippen LogP contribution in [0.5, 0.6) is 0 Å². The van der Waals surface area contributed by atoms with Gasteiger partial charge in [-0.25, -0.2) is 4.90 Å². The van der Waals surface area contributed by atoms with Gasteiger partial charge in [0, 0.05) is 10.7 Å². The lowest BCUT2D eigenvalue weighted by Crippen LogP contribution is -2.33. The molecule has 0 aromatic heterocycles. The summed E-state index contributed by atoms with van der Waals surface area (Å²) in [5.74, 6) is -0.769. The number of para-hydroxylation sites is 1. The molecule has 1 heterocycles. The molecule has 3 aromatic rings. The number of amides is 2. The molecule has 0 aliphatic carbocycles. The van der Waals surface area contributed by atoms with Gasteiger partial charge in [-0.2, -0.15) is 0 Å². The highest BCUT2D eigenvalue weighted by Crippen LogP contribution is 2.36. The highest BCUT2D eigenvalue weighted by atomic mass is 35.5. The quantitative estimate of drug-likeness (QED) is 0.558. The number of hydrogen-bond donors (Lipinski definition) is 1. The first-order chi connectivity index (χ1) is 14.4. The predicted octanol–water partition coefficient (Wildman–Crippen LogP) is 5.66. The summed E-state index contributed by atoms with van der Waals surface area (Å²) in [4.78, 5) is 28.2. The van der Waals surface area contributed by atoms with E-state index in [1.54, 1.807) is 18.2 Å². The largest absolute Gasteiger partial charge is 0.350 e. The monoisotopic (exact) mass is 416 g/mol. The van der Waals surface area contributed by atoms with E-state index in [2.05, 4.69) is 5.32 Å². The third kappa shape index (κ3) is 3.51. The second-order valence-electron chi connectivity index (χ2n) is 7.42. The van der Waals surface area contributed by atoms with E-state index in [-0.39, 0.29) is 11.6 Å². The highest BCUT2D eigenvalue weighted by Gasteiger charge is 2.41. The van der Waals surface area contributed by atoms with Crippen molar-refractivity contribution >= 4 is 40.4 Å². The van der Waals surface area contributed by atoms with E-state index in [1.165, 1.54) is 4.90 Å². The minimum absolute atomic E-state index is 0.258. The van der Waals surface area contributed by atoms with Crippen LogP contribution in [-0.2, 0) is 9.59 Å². The Morgan fingerprint density at radius 1 is 0.767 bits per heavy atom. The van der Waals surface area contributed by atoms with Crippen LogP contribution in [0.25, 0.3) is 5.57 Å². The molecule has 0 saturated carbocycles. The first-order valence-electron chi connectivity index (χ1n) is 9.65. The minimum Gasteiger partial charge on any atom is -0.350 e. The molecule has 0 atom stereocenters. The number of carbonyl (C=O) groups excluding carboxylic acids is 2. The highest BCUT2D eigenvalue weighted by molar-refractivity contribution is 6.46. The number of imide groups is 1. The SMILES string of the molecule is Cc1ccc(C2=C(Nc3ccccc3)C(=O)N(c3cc(Cl)ccc3C)C2=O)cc1C. The van der Waals surface area contributed by atoms with E-state index in [1.807, 2.05) is 69.3 Å². The van der Waals surface area contributed by atoms with Crippen molar-refractivity contribution in [2.75, 3.05) is 10.2 Å². The van der Waals surface area contributed by atoms with Crippen LogP contribution in [0.2, 0.25) is 5.02 Å². The van der Waals surface area contributed by atoms with Crippen LogP contribution in [0.15, 0.2) is 72.4 Å². The molecule has 1 N–H and O–H groups in total. The molecule has 0 radical (unpaired) electrons. The van der Waals surface area contributed by atoms with Crippen LogP contribution in [0.1, 0.15) is 22.3 Å². The number of halogens is 1. The van der Waals surface area contributed by atoms with E-state index in [9.17, 15) is 9.59 Å². The van der Waals surface area contributed by atoms with Gasteiger partial charge in [0.05, 0.1) is 11.3 Å². The summed E-state index contributed by atoms with van der Waals surface area (Å²) in [5.41, 5.74) is 5.51. The van der Waals surface area contributed by atoms with Crippen molar-refractivity contribution in [3.63, 3.8) is 0 Å². The molecular formula is C25H21ClN2O2. The summed E-state index contributed by atoms with van der Waals surface area (Å²) in [6, 6.07) is 20.3. The predicted molar refractivity (Wildman–Crippen MR) is 122 cm³/mol. The zero-order valence-electron chi connectivity index (χ0n) is 17.0. The van der Waals surface area contributed by atoms with Gasteiger partial charge in [-0.05, 0) is 67.3 Å². The molecular weight excluding hydrogens is 396 g/mol. The number of rotatable bonds is 4. The Morgan fingerprint density at radius 2 is 1.47 bits per heavy atom. The van der Waals surface area contributed by atoms with Crippen molar-refractivity contribution < 1.29 is 9.59 Å². The number of hydrogen-bond acceptors (Lipinski definition) is 3. The topological polar surface area (TPSA) is 49.4 Å². The number of carbonyl (C=O) groups is 2. The number of aryl methyl sites for hydroxylation is 3. The van der Waals surface area contributed by atoms with Crippen LogP contribution >= 0.6 is 11.6 Å². The third-order valence-corrected chi connectivity index (χ3v) is 5.57. The van der Waals surface area contributed by atoms with Crippen LogP contribution in [0.4, 0.5) is 11.4 Å². The Hall–Kier alpha value is -3.37. The average Bonchev–Trinajstić information content (AvgIpc) is 2.96. The van der Waals surface area contributed by atoms with E-state index in [4.69, 9.17) is 11.6 Å². The molecule has 0 saturated heterocycles. The molecule has 4 nitrogen and oxygen atoms in total. The van der Waals surface area contributed by atoms with Crippen molar-refractivity contribution in [3.05, 3.63) is 99.7 Å². The minimum atomic E-state index is -0.401. The standard InChI is InChI=1S/C25H21ClN2O2/c1-15-9-11-18(13-17(15)3)22-23(27-20-7-5-4-6-8-20)25(30)28(24(22)29)21-14-19(26)12-10-16(21)2/h4-14,27H,1-3H3. The van der Waals surface area contributed by atoms with Crippen LogP contribution in [0, 0.1) is 20.8 Å². The molecule has 4 rings (SSSR count). The van der Waals surface area contributed by atoms with Gasteiger partial charge in [-0.1, -0.05) is 54.1 Å². The van der Waals surface area contributed by atoms with Crippen molar-refractivity contribution in [3.8, 4) is 0 Å². The Bertz CT molecular complexity index is 1200. The molecule has 1 aliphatic heterocycles. The van der Waals surface area contributed by atoms with Gasteiger partial charge >= 0.3 is 0 Å². The normalized spacial score (nSPS) is 13.9. The maximum atomic E-state index is 13.5. The van der Waals surface area contributed by atoms with Crippen molar-refractivity contribution in [1.82, 2.24) is 0 Å². The summed E-state index contributed by atoms with van der Waals surface area (Å²) in [7, 11) is 0. The fraction of sp³-hybridized carbons (Fsp3) is 0.120. The molecule has 2 amide bonds. The second kappa shape index (κ2) is 7.81. The Balaban J connectivity index is 1.88. The molecule has 5 heteroatoms. The lowest BCUT2D eigenvalue weighted by molar-refractivity contribution is -0.120. The molecule has 1 aliphatic rings. The average molecular weight is 417 g/mol.